The van der Waals surface area contributed by atoms with Crippen LogP contribution in [0.4, 0.5) is 24.9 Å². The number of methoxy groups -OCH3 is 1. The first-order valence-electron chi connectivity index (χ1n) is 10.6. The quantitative estimate of drug-likeness (QED) is 0.274. The number of nitrogens with one attached hydrogen (secondary N) is 1. The second-order valence-corrected chi connectivity index (χ2v) is 9.96. The summed E-state index contributed by atoms with van der Waals surface area (Å²) in [6.07, 6.45) is 1.11. The topological polar surface area (TPSA) is 111 Å². The fourth-order valence-corrected chi connectivity index (χ4v) is 5.15. The van der Waals surface area contributed by atoms with Crippen molar-refractivity contribution in [2.45, 2.75) is 17.6 Å². The molecule has 4 aromatic rings. The van der Waals surface area contributed by atoms with Crippen LogP contribution in [0.15, 0.2) is 76.4 Å². The molecule has 0 spiro atoms. The van der Waals surface area contributed by atoms with Gasteiger partial charge in [-0.1, -0.05) is 23.7 Å². The van der Waals surface area contributed by atoms with Gasteiger partial charge in [-0.25, -0.2) is 30.9 Å². The number of nitrogens with two attached hydrogens (primary N) is 1. The molecule has 37 heavy (non-hydrogen) atoms. The number of hydrogen-bond donors (Lipinski definition) is 2. The number of benzene rings is 3. The third-order valence-corrected chi connectivity index (χ3v) is 7.36. The molecule has 0 fully saturated rings. The minimum absolute atomic E-state index is 0.132. The maximum Gasteiger partial charge on any atom is 0.311 e. The second-order valence-electron chi connectivity index (χ2n) is 7.72. The highest BCUT2D eigenvalue weighted by atomic mass is 35.5. The van der Waals surface area contributed by atoms with Crippen LogP contribution in [0.25, 0.3) is 0 Å². The number of ether oxygens (including phenoxy) is 1. The lowest BCUT2D eigenvalue weighted by Crippen LogP contribution is -2.31. The van der Waals surface area contributed by atoms with Crippen LogP contribution in [0, 0.1) is 17.5 Å². The van der Waals surface area contributed by atoms with E-state index in [1.54, 1.807) is 24.3 Å². The number of sulfonamides is 1. The van der Waals surface area contributed by atoms with E-state index in [0.29, 0.717) is 11.3 Å². The van der Waals surface area contributed by atoms with E-state index in [4.69, 9.17) is 26.5 Å². The molecular weight excluding hydrogens is 533 g/mol. The van der Waals surface area contributed by atoms with E-state index < -0.39 is 38.5 Å². The van der Waals surface area contributed by atoms with Gasteiger partial charge < -0.3 is 20.2 Å². The van der Waals surface area contributed by atoms with Crippen molar-refractivity contribution in [3.8, 4) is 5.75 Å². The molecule has 13 heteroatoms. The summed E-state index contributed by atoms with van der Waals surface area (Å²) in [5.41, 5.74) is 6.08. The highest BCUT2D eigenvalue weighted by Crippen LogP contribution is 2.33. The monoisotopic (exact) mass is 552 g/mol. The lowest BCUT2D eigenvalue weighted by atomic mass is 10.1. The third kappa shape index (κ3) is 5.66. The molecular formula is C24H20ClF3N4O4S. The van der Waals surface area contributed by atoms with Crippen LogP contribution in [0.3, 0.4) is 0 Å². The van der Waals surface area contributed by atoms with Gasteiger partial charge in [0.1, 0.15) is 40.5 Å². The van der Waals surface area contributed by atoms with Crippen LogP contribution in [-0.4, -0.2) is 20.5 Å². The van der Waals surface area contributed by atoms with E-state index in [1.807, 2.05) is 0 Å². The van der Waals surface area contributed by atoms with Crippen molar-refractivity contribution in [2.75, 3.05) is 16.7 Å². The number of oxazole rings is 1. The molecule has 0 aliphatic carbocycles. The van der Waals surface area contributed by atoms with E-state index in [9.17, 15) is 17.2 Å². The zero-order valence-electron chi connectivity index (χ0n) is 19.2. The first-order chi connectivity index (χ1) is 17.6. The molecule has 0 unspecified atom stereocenters. The summed E-state index contributed by atoms with van der Waals surface area (Å²) in [7, 11) is -3.09. The molecule has 1 aromatic heterocycles. The number of anilines is 2. The van der Waals surface area contributed by atoms with E-state index >= 15 is 4.39 Å². The maximum absolute atomic E-state index is 15.2. The summed E-state index contributed by atoms with van der Waals surface area (Å²) in [5.74, 6) is -2.13. The average molecular weight is 553 g/mol. The molecule has 0 aliphatic heterocycles. The molecule has 0 saturated carbocycles. The molecule has 1 atom stereocenters. The Balaban J connectivity index is 1.67. The van der Waals surface area contributed by atoms with Crippen molar-refractivity contribution in [1.82, 2.24) is 4.98 Å². The Morgan fingerprint density at radius 2 is 1.84 bits per heavy atom. The van der Waals surface area contributed by atoms with Gasteiger partial charge in [-0.2, -0.15) is 0 Å². The van der Waals surface area contributed by atoms with Gasteiger partial charge in [-0.3, -0.25) is 0 Å². The largest absolute Gasteiger partial charge is 0.497 e. The van der Waals surface area contributed by atoms with Crippen molar-refractivity contribution < 1.29 is 30.7 Å². The summed E-state index contributed by atoms with van der Waals surface area (Å²) < 4.78 is 81.0. The Hall–Kier alpha value is -3.74. The molecule has 194 valence electrons. The third-order valence-electron chi connectivity index (χ3n) is 5.31. The molecule has 8 nitrogen and oxygen atoms in total. The summed E-state index contributed by atoms with van der Waals surface area (Å²) >= 11 is 6.24. The lowest BCUT2D eigenvalue weighted by molar-refractivity contribution is 0.414. The Bertz CT molecular complexity index is 1500. The van der Waals surface area contributed by atoms with Crippen molar-refractivity contribution in [1.29, 1.82) is 0 Å². The zero-order valence-corrected chi connectivity index (χ0v) is 20.7. The van der Waals surface area contributed by atoms with Crippen LogP contribution in [-0.2, 0) is 16.6 Å². The van der Waals surface area contributed by atoms with Crippen molar-refractivity contribution >= 4 is 33.3 Å². The molecule has 0 amide bonds. The second kappa shape index (κ2) is 10.7. The van der Waals surface area contributed by atoms with Gasteiger partial charge in [0.25, 0.3) is 10.0 Å². The highest BCUT2D eigenvalue weighted by Gasteiger charge is 2.32. The van der Waals surface area contributed by atoms with Gasteiger partial charge >= 0.3 is 6.01 Å². The molecule has 4 rings (SSSR count). The van der Waals surface area contributed by atoms with Crippen molar-refractivity contribution in [3.05, 3.63) is 101 Å². The minimum Gasteiger partial charge on any atom is -0.497 e. The van der Waals surface area contributed by atoms with Crippen molar-refractivity contribution in [2.24, 2.45) is 5.73 Å². The summed E-state index contributed by atoms with van der Waals surface area (Å²) in [6, 6.07) is 10.6. The molecule has 0 radical (unpaired) electrons. The Morgan fingerprint density at radius 1 is 1.11 bits per heavy atom. The molecule has 0 aliphatic rings. The van der Waals surface area contributed by atoms with E-state index in [0.717, 1.165) is 34.6 Å². The standard InChI is InChI=1S/C24H20ClF3N4O4S/c1-35-16-5-2-14(3-6-16)13-32(24-30-8-9-36-24)37(33,34)22-11-18(25)21(12-20(22)28)31-23(29)17-10-15(26)4-7-19(17)27/h2-12,23,31H,13,29H2,1H3/t23-/m1/s1. The number of halogens is 4. The van der Waals surface area contributed by atoms with E-state index in [-0.39, 0.29) is 28.8 Å². The zero-order chi connectivity index (χ0) is 26.7. The Kier molecular flexibility index (Phi) is 7.62. The lowest BCUT2D eigenvalue weighted by Gasteiger charge is -2.22. The first-order valence-corrected chi connectivity index (χ1v) is 12.4. The minimum atomic E-state index is -4.58. The average Bonchev–Trinajstić information content (AvgIpc) is 3.40. The predicted molar refractivity (Wildman–Crippen MR) is 131 cm³/mol. The van der Waals surface area contributed by atoms with Gasteiger partial charge in [-0.05, 0) is 48.0 Å². The molecule has 0 bridgehead atoms. The SMILES string of the molecule is COc1ccc(CN(c2ncco2)S(=O)(=O)c2cc(Cl)c(N[C@@H](N)c3cc(F)ccc3F)cc2F)cc1. The molecule has 3 N–H and O–H groups in total. The van der Waals surface area contributed by atoms with Crippen molar-refractivity contribution in [3.63, 3.8) is 0 Å². The first kappa shape index (κ1) is 26.3. The maximum atomic E-state index is 15.2. The van der Waals surface area contributed by atoms with E-state index in [1.165, 1.54) is 19.6 Å². The van der Waals surface area contributed by atoms with Gasteiger partial charge in [-0.15, -0.1) is 0 Å². The molecule has 0 saturated heterocycles. The summed E-state index contributed by atoms with van der Waals surface area (Å²) in [6.45, 7) is -0.242. The normalized spacial score (nSPS) is 12.3. The van der Waals surface area contributed by atoms with Gasteiger partial charge in [0.05, 0.1) is 30.6 Å². The number of hydrogen-bond acceptors (Lipinski definition) is 7. The number of rotatable bonds is 9. The van der Waals surface area contributed by atoms with Gasteiger partial charge in [0.2, 0.25) is 0 Å². The smallest absolute Gasteiger partial charge is 0.311 e. The van der Waals surface area contributed by atoms with Crippen LogP contribution < -0.4 is 20.1 Å². The fourth-order valence-electron chi connectivity index (χ4n) is 3.45. The number of nitrogens with zero attached hydrogens (tertiary/aromatic N) is 2. The van der Waals surface area contributed by atoms with Crippen LogP contribution in [0.1, 0.15) is 17.3 Å². The van der Waals surface area contributed by atoms with Crippen LogP contribution in [0.2, 0.25) is 5.02 Å². The highest BCUT2D eigenvalue weighted by molar-refractivity contribution is 7.92. The Labute approximate surface area is 215 Å². The summed E-state index contributed by atoms with van der Waals surface area (Å²) in [4.78, 5) is 3.14. The Morgan fingerprint density at radius 3 is 2.49 bits per heavy atom. The van der Waals surface area contributed by atoms with E-state index in [2.05, 4.69) is 10.3 Å². The fraction of sp³-hybridized carbons (Fsp3) is 0.125. The predicted octanol–water partition coefficient (Wildman–Crippen LogP) is 5.22. The number of aromatic nitrogens is 1. The van der Waals surface area contributed by atoms with Crippen LogP contribution >= 0.6 is 11.6 Å². The summed E-state index contributed by atoms with van der Waals surface area (Å²) in [5, 5.41) is 2.34. The van der Waals surface area contributed by atoms with Gasteiger partial charge in [0.15, 0.2) is 0 Å². The molecule has 1 heterocycles. The van der Waals surface area contributed by atoms with Gasteiger partial charge in [0, 0.05) is 5.56 Å². The van der Waals surface area contributed by atoms with Crippen LogP contribution in [0.5, 0.6) is 5.75 Å². The molecule has 3 aromatic carbocycles.